The lowest BCUT2D eigenvalue weighted by molar-refractivity contribution is -0.384. The molecule has 35 heavy (non-hydrogen) atoms. The van der Waals surface area contributed by atoms with Gasteiger partial charge in [-0.1, -0.05) is 72.8 Å². The van der Waals surface area contributed by atoms with Crippen LogP contribution in [0.5, 0.6) is 0 Å². The van der Waals surface area contributed by atoms with Crippen LogP contribution in [0.3, 0.4) is 0 Å². The van der Waals surface area contributed by atoms with Gasteiger partial charge in [-0.05, 0) is 23.6 Å². The quantitative estimate of drug-likeness (QED) is 0.295. The molecule has 0 aliphatic carbocycles. The molecule has 3 aromatic carbocycles. The van der Waals surface area contributed by atoms with Crippen LogP contribution in [0.25, 0.3) is 0 Å². The molecule has 0 unspecified atom stereocenters. The second-order valence-electron chi connectivity index (χ2n) is 8.02. The number of hydrogen-bond donors (Lipinski definition) is 1. The van der Waals surface area contributed by atoms with E-state index in [4.69, 9.17) is 0 Å². The van der Waals surface area contributed by atoms with E-state index in [9.17, 15) is 19.7 Å². The standard InChI is InChI=1S/C27H29N3O4S/c1-2-28-27(32)25(17-21-9-5-3-6-10-21)29(18-22-11-7-4-8-12-22)26(31)20-35-19-23-13-15-24(16-14-23)30(33)34/h3-16,25H,2,17-20H2,1H3,(H,28,32)/t25-/m1/s1. The Kier molecular flexibility index (Phi) is 9.86. The zero-order chi connectivity index (χ0) is 25.0. The van der Waals surface area contributed by atoms with Crippen molar-refractivity contribution in [3.05, 3.63) is 112 Å². The summed E-state index contributed by atoms with van der Waals surface area (Å²) < 4.78 is 0. The lowest BCUT2D eigenvalue weighted by Crippen LogP contribution is -2.51. The SMILES string of the molecule is CCNC(=O)[C@@H](Cc1ccccc1)N(Cc1ccccc1)C(=O)CSCc1ccc([N+](=O)[O-])cc1. The molecule has 182 valence electrons. The number of likely N-dealkylation sites (N-methyl/N-ethyl adjacent to an activating group) is 1. The maximum atomic E-state index is 13.5. The van der Waals surface area contributed by atoms with Crippen LogP contribution in [0, 0.1) is 10.1 Å². The third kappa shape index (κ3) is 7.96. The van der Waals surface area contributed by atoms with Crippen molar-refractivity contribution in [1.82, 2.24) is 10.2 Å². The van der Waals surface area contributed by atoms with Gasteiger partial charge in [0.05, 0.1) is 10.7 Å². The van der Waals surface area contributed by atoms with E-state index in [2.05, 4.69) is 5.32 Å². The van der Waals surface area contributed by atoms with Crippen LogP contribution in [0.15, 0.2) is 84.9 Å². The summed E-state index contributed by atoms with van der Waals surface area (Å²) in [5.41, 5.74) is 2.86. The fraction of sp³-hybridized carbons (Fsp3) is 0.259. The van der Waals surface area contributed by atoms with E-state index in [0.29, 0.717) is 25.3 Å². The minimum absolute atomic E-state index is 0.0366. The number of hydrogen-bond acceptors (Lipinski definition) is 5. The van der Waals surface area contributed by atoms with E-state index in [1.807, 2.05) is 67.6 Å². The molecule has 0 aliphatic rings. The highest BCUT2D eigenvalue weighted by molar-refractivity contribution is 7.99. The zero-order valence-corrected chi connectivity index (χ0v) is 20.4. The first-order valence-corrected chi connectivity index (χ1v) is 12.6. The summed E-state index contributed by atoms with van der Waals surface area (Å²) in [5.74, 6) is 0.413. The van der Waals surface area contributed by atoms with Crippen LogP contribution in [0.4, 0.5) is 5.69 Å². The van der Waals surface area contributed by atoms with E-state index < -0.39 is 11.0 Å². The number of thioether (sulfide) groups is 1. The molecule has 7 nitrogen and oxygen atoms in total. The van der Waals surface area contributed by atoms with Crippen LogP contribution in [0.1, 0.15) is 23.6 Å². The Bertz CT molecular complexity index is 1110. The number of carbonyl (C=O) groups is 2. The molecule has 8 heteroatoms. The predicted molar refractivity (Wildman–Crippen MR) is 139 cm³/mol. The van der Waals surface area contributed by atoms with Crippen molar-refractivity contribution in [3.63, 3.8) is 0 Å². The summed E-state index contributed by atoms with van der Waals surface area (Å²) in [6.45, 7) is 2.67. The smallest absolute Gasteiger partial charge is 0.269 e. The first kappa shape index (κ1) is 26.0. The van der Waals surface area contributed by atoms with Gasteiger partial charge in [0.15, 0.2) is 0 Å². The number of nitrogens with one attached hydrogen (secondary N) is 1. The van der Waals surface area contributed by atoms with Crippen molar-refractivity contribution in [2.24, 2.45) is 0 Å². The largest absolute Gasteiger partial charge is 0.355 e. The minimum Gasteiger partial charge on any atom is -0.355 e. The molecule has 0 saturated heterocycles. The van der Waals surface area contributed by atoms with Gasteiger partial charge < -0.3 is 10.2 Å². The second-order valence-corrected chi connectivity index (χ2v) is 9.01. The highest BCUT2D eigenvalue weighted by atomic mass is 32.2. The molecule has 3 rings (SSSR count). The number of benzene rings is 3. The Morgan fingerprint density at radius 3 is 2.09 bits per heavy atom. The Morgan fingerprint density at radius 2 is 1.51 bits per heavy atom. The molecule has 0 aromatic heterocycles. The summed E-state index contributed by atoms with van der Waals surface area (Å²) in [7, 11) is 0. The number of rotatable bonds is 12. The molecule has 0 bridgehead atoms. The fourth-order valence-electron chi connectivity index (χ4n) is 3.68. The van der Waals surface area contributed by atoms with Crippen LogP contribution in [0.2, 0.25) is 0 Å². The summed E-state index contributed by atoms with van der Waals surface area (Å²) in [5, 5.41) is 13.7. The lowest BCUT2D eigenvalue weighted by Gasteiger charge is -2.31. The highest BCUT2D eigenvalue weighted by Gasteiger charge is 2.30. The van der Waals surface area contributed by atoms with E-state index in [0.717, 1.165) is 16.7 Å². The number of non-ortho nitro benzene ring substituents is 1. The molecule has 3 aromatic rings. The monoisotopic (exact) mass is 491 g/mol. The molecular weight excluding hydrogens is 462 g/mol. The van der Waals surface area contributed by atoms with Crippen molar-refractivity contribution in [1.29, 1.82) is 0 Å². The van der Waals surface area contributed by atoms with Gasteiger partial charge in [-0.3, -0.25) is 19.7 Å². The van der Waals surface area contributed by atoms with E-state index in [1.165, 1.54) is 23.9 Å². The number of nitrogens with zero attached hydrogens (tertiary/aromatic N) is 2. The summed E-state index contributed by atoms with van der Waals surface area (Å²) in [6, 6.07) is 25.0. The van der Waals surface area contributed by atoms with E-state index in [-0.39, 0.29) is 23.3 Å². The fourth-order valence-corrected chi connectivity index (χ4v) is 4.55. The molecule has 0 spiro atoms. The molecule has 1 N–H and O–H groups in total. The van der Waals surface area contributed by atoms with Gasteiger partial charge in [-0.2, -0.15) is 0 Å². The second kappa shape index (κ2) is 13.3. The number of carbonyl (C=O) groups excluding carboxylic acids is 2. The van der Waals surface area contributed by atoms with Crippen molar-refractivity contribution in [3.8, 4) is 0 Å². The van der Waals surface area contributed by atoms with Crippen molar-refractivity contribution >= 4 is 29.3 Å². The Balaban J connectivity index is 1.77. The first-order chi connectivity index (χ1) is 17.0. The number of nitro groups is 1. The molecule has 2 amide bonds. The summed E-state index contributed by atoms with van der Waals surface area (Å²) in [6.07, 6.45) is 0.415. The van der Waals surface area contributed by atoms with Gasteiger partial charge >= 0.3 is 0 Å². The van der Waals surface area contributed by atoms with Gasteiger partial charge in [0.1, 0.15) is 6.04 Å². The van der Waals surface area contributed by atoms with Gasteiger partial charge in [-0.15, -0.1) is 11.8 Å². The molecule has 1 atom stereocenters. The van der Waals surface area contributed by atoms with Crippen molar-refractivity contribution in [2.75, 3.05) is 12.3 Å². The molecule has 0 aliphatic heterocycles. The lowest BCUT2D eigenvalue weighted by atomic mass is 10.0. The average molecular weight is 492 g/mol. The van der Waals surface area contributed by atoms with Gasteiger partial charge in [-0.25, -0.2) is 0 Å². The molecule has 0 saturated carbocycles. The molecular formula is C27H29N3O4S. The first-order valence-electron chi connectivity index (χ1n) is 11.4. The van der Waals surface area contributed by atoms with Crippen LogP contribution < -0.4 is 5.32 Å². The van der Waals surface area contributed by atoms with Crippen molar-refractivity contribution < 1.29 is 14.5 Å². The Hall–Kier alpha value is -3.65. The van der Waals surface area contributed by atoms with Gasteiger partial charge in [0.25, 0.3) is 5.69 Å². The van der Waals surface area contributed by atoms with E-state index >= 15 is 0 Å². The summed E-state index contributed by atoms with van der Waals surface area (Å²) in [4.78, 5) is 38.6. The Morgan fingerprint density at radius 1 is 0.914 bits per heavy atom. The van der Waals surface area contributed by atoms with Crippen LogP contribution in [-0.2, 0) is 28.3 Å². The Labute approximate surface area is 209 Å². The predicted octanol–water partition coefficient (Wildman–Crippen LogP) is 4.60. The third-order valence-corrected chi connectivity index (χ3v) is 6.45. The van der Waals surface area contributed by atoms with E-state index in [1.54, 1.807) is 17.0 Å². The number of amides is 2. The van der Waals surface area contributed by atoms with Crippen molar-refractivity contribution in [2.45, 2.75) is 31.7 Å². The third-order valence-electron chi connectivity index (χ3n) is 5.46. The highest BCUT2D eigenvalue weighted by Crippen LogP contribution is 2.20. The van der Waals surface area contributed by atoms with Gasteiger partial charge in [0.2, 0.25) is 11.8 Å². The maximum Gasteiger partial charge on any atom is 0.269 e. The average Bonchev–Trinajstić information content (AvgIpc) is 2.87. The molecule has 0 radical (unpaired) electrons. The molecule has 0 heterocycles. The zero-order valence-electron chi connectivity index (χ0n) is 19.6. The van der Waals surface area contributed by atoms with Crippen LogP contribution in [-0.4, -0.2) is 40.0 Å². The minimum atomic E-state index is -0.648. The van der Waals surface area contributed by atoms with Crippen LogP contribution >= 0.6 is 11.8 Å². The topological polar surface area (TPSA) is 92.6 Å². The normalized spacial score (nSPS) is 11.5. The molecule has 0 fully saturated rings. The summed E-state index contributed by atoms with van der Waals surface area (Å²) >= 11 is 1.42. The maximum absolute atomic E-state index is 13.5. The van der Waals surface area contributed by atoms with Gasteiger partial charge in [0, 0.05) is 37.4 Å². The number of nitro benzene ring substituents is 1.